The number of hydrogen-bond donors (Lipinski definition) is 2. The van der Waals surface area contributed by atoms with Crippen LogP contribution in [-0.4, -0.2) is 22.5 Å². The minimum Gasteiger partial charge on any atom is -0.463 e. The maximum atomic E-state index is 11.9. The normalized spacial score (nSPS) is 13.8. The summed E-state index contributed by atoms with van der Waals surface area (Å²) < 4.78 is 5.96. The molecule has 2 aromatic rings. The molecule has 5 nitrogen and oxygen atoms in total. The molecule has 0 fully saturated rings. The van der Waals surface area contributed by atoms with Crippen LogP contribution in [0.15, 0.2) is 39.4 Å². The molecule has 0 spiro atoms. The second-order valence-electron chi connectivity index (χ2n) is 4.71. The van der Waals surface area contributed by atoms with Crippen molar-refractivity contribution < 1.29 is 14.3 Å². The van der Waals surface area contributed by atoms with E-state index in [-0.39, 0.29) is 18.1 Å². The van der Waals surface area contributed by atoms with Crippen molar-refractivity contribution in [3.8, 4) is 0 Å². The van der Waals surface area contributed by atoms with Gasteiger partial charge in [0.25, 0.3) is 5.91 Å². The first-order valence-electron chi connectivity index (χ1n) is 6.08. The molecule has 0 aromatic carbocycles. The third-order valence-electron chi connectivity index (χ3n) is 2.81. The van der Waals surface area contributed by atoms with Crippen molar-refractivity contribution in [2.75, 3.05) is 6.54 Å². The summed E-state index contributed by atoms with van der Waals surface area (Å²) in [7, 11) is 0. The van der Waals surface area contributed by atoms with Crippen molar-refractivity contribution in [1.29, 1.82) is 0 Å². The van der Waals surface area contributed by atoms with Crippen LogP contribution >= 0.6 is 15.9 Å². The molecule has 0 saturated heterocycles. The number of hydrogen-bond acceptors (Lipinski definition) is 4. The molecular weight excluding hydrogens is 324 g/mol. The molecule has 0 aliphatic heterocycles. The Hall–Kier alpha value is -1.66. The zero-order chi connectivity index (χ0) is 14.8. The van der Waals surface area contributed by atoms with E-state index >= 15 is 0 Å². The lowest BCUT2D eigenvalue weighted by molar-refractivity contribution is 0.0322. The fourth-order valence-corrected chi connectivity index (χ4v) is 2.03. The van der Waals surface area contributed by atoms with E-state index in [1.165, 1.54) is 0 Å². The molecule has 1 amide bonds. The van der Waals surface area contributed by atoms with Crippen molar-refractivity contribution in [2.45, 2.75) is 19.4 Å². The number of amides is 1. The number of aryl methyl sites for hydroxylation is 1. The molecule has 1 unspecified atom stereocenters. The van der Waals surface area contributed by atoms with Gasteiger partial charge in [-0.25, -0.2) is 4.98 Å². The molecule has 2 aromatic heterocycles. The van der Waals surface area contributed by atoms with E-state index in [0.717, 1.165) is 0 Å². The van der Waals surface area contributed by atoms with Gasteiger partial charge in [-0.15, -0.1) is 0 Å². The molecule has 6 heteroatoms. The highest BCUT2D eigenvalue weighted by atomic mass is 79.9. The van der Waals surface area contributed by atoms with E-state index in [4.69, 9.17) is 4.42 Å². The van der Waals surface area contributed by atoms with E-state index in [2.05, 4.69) is 26.2 Å². The Morgan fingerprint density at radius 3 is 2.80 bits per heavy atom. The summed E-state index contributed by atoms with van der Waals surface area (Å²) in [5.41, 5.74) is -0.985. The lowest BCUT2D eigenvalue weighted by atomic mass is 10.0. The Labute approximate surface area is 125 Å². The van der Waals surface area contributed by atoms with Crippen LogP contribution in [-0.2, 0) is 5.60 Å². The topological polar surface area (TPSA) is 75.4 Å². The Kier molecular flexibility index (Phi) is 4.25. The summed E-state index contributed by atoms with van der Waals surface area (Å²) in [5, 5.41) is 13.0. The van der Waals surface area contributed by atoms with Gasteiger partial charge >= 0.3 is 0 Å². The fourth-order valence-electron chi connectivity index (χ4n) is 1.69. The summed E-state index contributed by atoms with van der Waals surface area (Å²) in [5.74, 6) is 0.771. The van der Waals surface area contributed by atoms with E-state index in [0.29, 0.717) is 16.1 Å². The van der Waals surface area contributed by atoms with Crippen LogP contribution in [0.1, 0.15) is 28.9 Å². The van der Waals surface area contributed by atoms with Gasteiger partial charge in [0.15, 0.2) is 0 Å². The quantitative estimate of drug-likeness (QED) is 0.839. The van der Waals surface area contributed by atoms with Crippen molar-refractivity contribution >= 4 is 21.8 Å². The number of pyridine rings is 1. The average Bonchev–Trinajstić information content (AvgIpc) is 2.83. The Bertz CT molecular complexity index is 622. The Morgan fingerprint density at radius 1 is 1.45 bits per heavy atom. The van der Waals surface area contributed by atoms with E-state index < -0.39 is 5.60 Å². The first-order valence-corrected chi connectivity index (χ1v) is 6.88. The van der Waals surface area contributed by atoms with Crippen LogP contribution in [0.4, 0.5) is 0 Å². The summed E-state index contributed by atoms with van der Waals surface area (Å²) in [4.78, 5) is 16.0. The van der Waals surface area contributed by atoms with Gasteiger partial charge in [-0.05, 0) is 54.0 Å². The fraction of sp³-hybridized carbons (Fsp3) is 0.286. The molecule has 0 saturated carbocycles. The van der Waals surface area contributed by atoms with Gasteiger partial charge in [0, 0.05) is 0 Å². The summed E-state index contributed by atoms with van der Waals surface area (Å²) >= 11 is 3.21. The lowest BCUT2D eigenvalue weighted by Gasteiger charge is -2.21. The number of carbonyl (C=O) groups excluding carboxylic acids is 1. The Balaban J connectivity index is 2.03. The molecule has 0 bridgehead atoms. The molecule has 0 aliphatic rings. The van der Waals surface area contributed by atoms with Gasteiger partial charge < -0.3 is 14.8 Å². The van der Waals surface area contributed by atoms with E-state index in [1.807, 2.05) is 0 Å². The predicted octanol–water partition coefficient (Wildman–Crippen LogP) is 2.38. The smallest absolute Gasteiger partial charge is 0.270 e. The standard InChI is InChI=1S/C14H15BrN2O3/c1-9-6-7-11(20-9)14(2,19)8-16-13(18)10-4-3-5-12(15)17-10/h3-7,19H,8H2,1-2H3,(H,16,18). The second-order valence-corrected chi connectivity index (χ2v) is 5.52. The van der Waals surface area contributed by atoms with Crippen LogP contribution < -0.4 is 5.32 Å². The predicted molar refractivity (Wildman–Crippen MR) is 77.3 cm³/mol. The maximum Gasteiger partial charge on any atom is 0.270 e. The highest BCUT2D eigenvalue weighted by molar-refractivity contribution is 9.10. The minimum atomic E-state index is -1.27. The highest BCUT2D eigenvalue weighted by Gasteiger charge is 2.27. The van der Waals surface area contributed by atoms with E-state index in [1.54, 1.807) is 44.2 Å². The molecule has 2 rings (SSSR count). The summed E-state index contributed by atoms with van der Waals surface area (Å²) in [6, 6.07) is 8.52. The van der Waals surface area contributed by atoms with Gasteiger partial charge in [0.2, 0.25) is 0 Å². The monoisotopic (exact) mass is 338 g/mol. The van der Waals surface area contributed by atoms with Gasteiger partial charge in [-0.3, -0.25) is 4.79 Å². The zero-order valence-electron chi connectivity index (χ0n) is 11.2. The third kappa shape index (κ3) is 3.46. The molecule has 0 radical (unpaired) electrons. The SMILES string of the molecule is Cc1ccc(C(C)(O)CNC(=O)c2cccc(Br)n2)o1. The number of nitrogens with one attached hydrogen (secondary N) is 1. The van der Waals surface area contributed by atoms with E-state index in [9.17, 15) is 9.90 Å². The first-order chi connectivity index (χ1) is 9.38. The molecule has 1 atom stereocenters. The molecule has 0 aliphatic carbocycles. The highest BCUT2D eigenvalue weighted by Crippen LogP contribution is 2.22. The molecule has 106 valence electrons. The van der Waals surface area contributed by atoms with Crippen molar-refractivity contribution in [3.05, 3.63) is 52.1 Å². The second kappa shape index (κ2) is 5.76. The largest absolute Gasteiger partial charge is 0.463 e. The summed E-state index contributed by atoms with van der Waals surface area (Å²) in [6.07, 6.45) is 0. The number of aromatic nitrogens is 1. The minimum absolute atomic E-state index is 0.0347. The third-order valence-corrected chi connectivity index (χ3v) is 3.25. The lowest BCUT2D eigenvalue weighted by Crippen LogP contribution is -2.38. The van der Waals surface area contributed by atoms with Crippen LogP contribution in [0, 0.1) is 6.92 Å². The zero-order valence-corrected chi connectivity index (χ0v) is 12.8. The Morgan fingerprint density at radius 2 is 2.20 bits per heavy atom. The van der Waals surface area contributed by atoms with Crippen LogP contribution in [0.2, 0.25) is 0 Å². The number of carbonyl (C=O) groups is 1. The number of furan rings is 1. The molecule has 2 N–H and O–H groups in total. The number of aliphatic hydroxyl groups is 1. The van der Waals surface area contributed by atoms with Gasteiger partial charge in [-0.1, -0.05) is 6.07 Å². The molecule has 20 heavy (non-hydrogen) atoms. The van der Waals surface area contributed by atoms with Crippen LogP contribution in [0.25, 0.3) is 0 Å². The average molecular weight is 339 g/mol. The number of nitrogens with zero attached hydrogens (tertiary/aromatic N) is 1. The summed E-state index contributed by atoms with van der Waals surface area (Å²) in [6.45, 7) is 3.41. The number of rotatable bonds is 4. The van der Waals surface area contributed by atoms with Crippen molar-refractivity contribution in [2.24, 2.45) is 0 Å². The van der Waals surface area contributed by atoms with Crippen LogP contribution in [0.5, 0.6) is 0 Å². The van der Waals surface area contributed by atoms with Gasteiger partial charge in [0.05, 0.1) is 6.54 Å². The number of halogens is 1. The molecule has 2 heterocycles. The van der Waals surface area contributed by atoms with Crippen LogP contribution in [0.3, 0.4) is 0 Å². The van der Waals surface area contributed by atoms with Crippen molar-refractivity contribution in [1.82, 2.24) is 10.3 Å². The first kappa shape index (κ1) is 14.7. The maximum absolute atomic E-state index is 11.9. The molecular formula is C14H15BrN2O3. The van der Waals surface area contributed by atoms with Gasteiger partial charge in [0.1, 0.15) is 27.4 Å². The van der Waals surface area contributed by atoms with Crippen molar-refractivity contribution in [3.63, 3.8) is 0 Å². The van der Waals surface area contributed by atoms with Gasteiger partial charge in [-0.2, -0.15) is 0 Å².